The first kappa shape index (κ1) is 15.4. The smallest absolute Gasteiger partial charge is 0.304 e. The summed E-state index contributed by atoms with van der Waals surface area (Å²) < 4.78 is 0. The number of hydrogen-bond acceptors (Lipinski definition) is 3. The number of nitrogens with one attached hydrogen (secondary N) is 1. The van der Waals surface area contributed by atoms with Crippen molar-refractivity contribution < 1.29 is 15.0 Å². The molecule has 4 heteroatoms. The van der Waals surface area contributed by atoms with Crippen LogP contribution in [0.4, 0.5) is 0 Å². The number of carboxylic acid groups (broad SMARTS) is 1. The summed E-state index contributed by atoms with van der Waals surface area (Å²) in [6, 6.07) is 0.0196. The molecule has 0 aromatic rings. The van der Waals surface area contributed by atoms with Crippen molar-refractivity contribution in [2.24, 2.45) is 5.41 Å². The van der Waals surface area contributed by atoms with Crippen LogP contribution >= 0.6 is 0 Å². The van der Waals surface area contributed by atoms with Gasteiger partial charge in [0, 0.05) is 12.6 Å². The first-order chi connectivity index (χ1) is 7.37. The van der Waals surface area contributed by atoms with Gasteiger partial charge in [0.25, 0.3) is 0 Å². The molecule has 0 fully saturated rings. The van der Waals surface area contributed by atoms with Crippen molar-refractivity contribution in [3.63, 3.8) is 0 Å². The molecule has 0 bridgehead atoms. The third-order valence-electron chi connectivity index (χ3n) is 2.79. The average molecular weight is 231 g/mol. The second-order valence-corrected chi connectivity index (χ2v) is 5.19. The van der Waals surface area contributed by atoms with Crippen LogP contribution in [0.2, 0.25) is 0 Å². The fourth-order valence-corrected chi connectivity index (χ4v) is 1.67. The Labute approximate surface area is 98.1 Å². The molecule has 0 unspecified atom stereocenters. The van der Waals surface area contributed by atoms with Crippen LogP contribution in [-0.2, 0) is 4.79 Å². The number of aliphatic carboxylic acids is 1. The lowest BCUT2D eigenvalue weighted by atomic mass is 9.84. The molecule has 4 nitrogen and oxygen atoms in total. The molecule has 0 amide bonds. The normalized spacial score (nSPS) is 13.8. The Kier molecular flexibility index (Phi) is 7.34. The van der Waals surface area contributed by atoms with Crippen LogP contribution < -0.4 is 5.32 Å². The molecular weight excluding hydrogens is 206 g/mol. The Hall–Kier alpha value is -0.610. The monoisotopic (exact) mass is 231 g/mol. The molecule has 0 rings (SSSR count). The highest BCUT2D eigenvalue weighted by molar-refractivity contribution is 5.67. The molecule has 96 valence electrons. The predicted octanol–water partition coefficient (Wildman–Crippen LogP) is 1.63. The highest BCUT2D eigenvalue weighted by atomic mass is 16.4. The largest absolute Gasteiger partial charge is 0.481 e. The summed E-state index contributed by atoms with van der Waals surface area (Å²) in [6.45, 7) is 7.30. The van der Waals surface area contributed by atoms with Gasteiger partial charge in [0.2, 0.25) is 0 Å². The molecule has 0 spiro atoms. The first-order valence-electron chi connectivity index (χ1n) is 5.93. The molecule has 0 aliphatic carbocycles. The molecule has 0 aromatic heterocycles. The lowest BCUT2D eigenvalue weighted by Crippen LogP contribution is -2.31. The van der Waals surface area contributed by atoms with Gasteiger partial charge in [-0.15, -0.1) is 0 Å². The second-order valence-electron chi connectivity index (χ2n) is 5.19. The Balaban J connectivity index is 3.66. The number of carboxylic acids is 1. The van der Waals surface area contributed by atoms with Gasteiger partial charge in [-0.1, -0.05) is 13.8 Å². The van der Waals surface area contributed by atoms with Gasteiger partial charge >= 0.3 is 5.97 Å². The fourth-order valence-electron chi connectivity index (χ4n) is 1.67. The van der Waals surface area contributed by atoms with Crippen LogP contribution in [0.5, 0.6) is 0 Å². The average Bonchev–Trinajstić information content (AvgIpc) is 2.13. The van der Waals surface area contributed by atoms with E-state index < -0.39 is 5.97 Å². The molecule has 0 radical (unpaired) electrons. The summed E-state index contributed by atoms with van der Waals surface area (Å²) in [6.07, 6.45) is 2.99. The van der Waals surface area contributed by atoms with Gasteiger partial charge in [-0.3, -0.25) is 4.79 Å². The van der Waals surface area contributed by atoms with E-state index in [4.69, 9.17) is 10.2 Å². The predicted molar refractivity (Wildman–Crippen MR) is 64.4 cm³/mol. The highest BCUT2D eigenvalue weighted by Gasteiger charge is 2.17. The second kappa shape index (κ2) is 7.63. The maximum atomic E-state index is 10.4. The fraction of sp³-hybridized carbons (Fsp3) is 0.917. The summed E-state index contributed by atoms with van der Waals surface area (Å²) in [5.74, 6) is -0.764. The van der Waals surface area contributed by atoms with Crippen molar-refractivity contribution >= 4 is 5.97 Å². The van der Waals surface area contributed by atoms with Gasteiger partial charge in [0.05, 0.1) is 6.42 Å². The number of aliphatic hydroxyl groups excluding tert-OH is 1. The van der Waals surface area contributed by atoms with Crippen molar-refractivity contribution in [1.82, 2.24) is 5.32 Å². The van der Waals surface area contributed by atoms with Crippen LogP contribution in [0.1, 0.15) is 46.5 Å². The van der Waals surface area contributed by atoms with E-state index in [0.29, 0.717) is 0 Å². The van der Waals surface area contributed by atoms with E-state index in [1.165, 1.54) is 0 Å². The standard InChI is InChI=1S/C12H25NO3/c1-10(9-11(15)16)13-7-6-12(2,3)5-4-8-14/h10,13-14H,4-9H2,1-3H3,(H,15,16)/t10-/m1/s1. The molecule has 0 heterocycles. The quantitative estimate of drug-likeness (QED) is 0.564. The molecule has 0 saturated carbocycles. The van der Waals surface area contributed by atoms with Crippen molar-refractivity contribution in [3.8, 4) is 0 Å². The number of hydrogen-bond donors (Lipinski definition) is 3. The summed E-state index contributed by atoms with van der Waals surface area (Å²) in [5, 5.41) is 20.6. The van der Waals surface area contributed by atoms with E-state index in [-0.39, 0.29) is 24.5 Å². The zero-order chi connectivity index (χ0) is 12.6. The van der Waals surface area contributed by atoms with Gasteiger partial charge < -0.3 is 15.5 Å². The van der Waals surface area contributed by atoms with Crippen molar-refractivity contribution in [3.05, 3.63) is 0 Å². The summed E-state index contributed by atoms with van der Waals surface area (Å²) in [5.41, 5.74) is 0.207. The molecule has 0 aromatic carbocycles. The molecule has 16 heavy (non-hydrogen) atoms. The van der Waals surface area contributed by atoms with Gasteiger partial charge in [0.15, 0.2) is 0 Å². The Morgan fingerprint density at radius 3 is 2.50 bits per heavy atom. The van der Waals surface area contributed by atoms with Crippen molar-refractivity contribution in [2.75, 3.05) is 13.2 Å². The zero-order valence-electron chi connectivity index (χ0n) is 10.6. The summed E-state index contributed by atoms with van der Waals surface area (Å²) in [4.78, 5) is 10.4. The summed E-state index contributed by atoms with van der Waals surface area (Å²) >= 11 is 0. The van der Waals surface area contributed by atoms with Gasteiger partial charge in [-0.25, -0.2) is 0 Å². The Morgan fingerprint density at radius 1 is 1.38 bits per heavy atom. The van der Waals surface area contributed by atoms with E-state index in [9.17, 15) is 4.79 Å². The van der Waals surface area contributed by atoms with Crippen molar-refractivity contribution in [1.29, 1.82) is 0 Å². The van der Waals surface area contributed by atoms with Gasteiger partial charge in [0.1, 0.15) is 0 Å². The van der Waals surface area contributed by atoms with Crippen LogP contribution in [0.3, 0.4) is 0 Å². The highest BCUT2D eigenvalue weighted by Crippen LogP contribution is 2.25. The molecule has 3 N–H and O–H groups in total. The molecule has 0 aliphatic rings. The third kappa shape index (κ3) is 8.68. The van der Waals surface area contributed by atoms with E-state index in [0.717, 1.165) is 25.8 Å². The van der Waals surface area contributed by atoms with Crippen LogP contribution in [0.25, 0.3) is 0 Å². The van der Waals surface area contributed by atoms with Crippen LogP contribution in [0.15, 0.2) is 0 Å². The van der Waals surface area contributed by atoms with E-state index in [1.807, 2.05) is 6.92 Å². The molecular formula is C12H25NO3. The Morgan fingerprint density at radius 2 is 2.00 bits per heavy atom. The number of aliphatic hydroxyl groups is 1. The van der Waals surface area contributed by atoms with Crippen molar-refractivity contribution in [2.45, 2.75) is 52.5 Å². The lowest BCUT2D eigenvalue weighted by Gasteiger charge is -2.25. The number of carbonyl (C=O) groups is 1. The SMILES string of the molecule is C[C@H](CC(=O)O)NCCC(C)(C)CCCO. The lowest BCUT2D eigenvalue weighted by molar-refractivity contribution is -0.137. The van der Waals surface area contributed by atoms with Crippen LogP contribution in [-0.4, -0.2) is 35.4 Å². The van der Waals surface area contributed by atoms with E-state index >= 15 is 0 Å². The summed E-state index contributed by atoms with van der Waals surface area (Å²) in [7, 11) is 0. The zero-order valence-corrected chi connectivity index (χ0v) is 10.6. The minimum atomic E-state index is -0.764. The topological polar surface area (TPSA) is 69.6 Å². The number of rotatable bonds is 9. The minimum absolute atomic E-state index is 0.0196. The molecule has 0 saturated heterocycles. The van der Waals surface area contributed by atoms with Crippen LogP contribution in [0, 0.1) is 5.41 Å². The minimum Gasteiger partial charge on any atom is -0.481 e. The van der Waals surface area contributed by atoms with E-state index in [2.05, 4.69) is 19.2 Å². The first-order valence-corrected chi connectivity index (χ1v) is 5.93. The third-order valence-corrected chi connectivity index (χ3v) is 2.79. The molecule has 0 aliphatic heterocycles. The van der Waals surface area contributed by atoms with Gasteiger partial charge in [-0.05, 0) is 38.1 Å². The maximum Gasteiger partial charge on any atom is 0.304 e. The Bertz CT molecular complexity index is 204. The molecule has 1 atom stereocenters. The van der Waals surface area contributed by atoms with E-state index in [1.54, 1.807) is 0 Å². The van der Waals surface area contributed by atoms with Gasteiger partial charge in [-0.2, -0.15) is 0 Å². The maximum absolute atomic E-state index is 10.4.